The first-order valence-corrected chi connectivity index (χ1v) is 6.35. The van der Waals surface area contributed by atoms with Crippen LogP contribution in [-0.4, -0.2) is 11.9 Å². The van der Waals surface area contributed by atoms with Crippen LogP contribution >= 0.6 is 0 Å². The van der Waals surface area contributed by atoms with Crippen molar-refractivity contribution in [3.05, 3.63) is 35.4 Å². The first-order valence-electron chi connectivity index (χ1n) is 6.35. The normalized spacial score (nSPS) is 15.0. The third kappa shape index (κ3) is 3.57. The summed E-state index contributed by atoms with van der Waals surface area (Å²) in [6, 6.07) is 7.53. The summed E-state index contributed by atoms with van der Waals surface area (Å²) in [7, 11) is 0. The lowest BCUT2D eigenvalue weighted by atomic mass is 9.86. The highest BCUT2D eigenvalue weighted by molar-refractivity contribution is 5.82. The maximum atomic E-state index is 12.0. The highest BCUT2D eigenvalue weighted by atomic mass is 16.2. The number of benzene rings is 1. The molecule has 1 aromatic carbocycles. The third-order valence-corrected chi connectivity index (χ3v) is 3.23. The smallest absolute Gasteiger partial charge is 0.237 e. The number of carbonyl (C=O) groups is 1. The topological polar surface area (TPSA) is 55.1 Å². The van der Waals surface area contributed by atoms with Gasteiger partial charge in [0, 0.05) is 0 Å². The summed E-state index contributed by atoms with van der Waals surface area (Å²) >= 11 is 0. The molecule has 1 rings (SSSR count). The fourth-order valence-corrected chi connectivity index (χ4v) is 1.85. The minimum atomic E-state index is -0.496. The van der Waals surface area contributed by atoms with Gasteiger partial charge in [-0.1, -0.05) is 45.0 Å². The molecule has 0 unspecified atom stereocenters. The van der Waals surface area contributed by atoms with Crippen LogP contribution in [0.2, 0.25) is 0 Å². The van der Waals surface area contributed by atoms with Crippen LogP contribution in [0.5, 0.6) is 0 Å². The molecule has 1 aromatic rings. The fraction of sp³-hybridized carbons (Fsp3) is 0.533. The van der Waals surface area contributed by atoms with E-state index in [0.29, 0.717) is 0 Å². The second kappa shape index (κ2) is 5.53. The average Bonchev–Trinajstić information content (AvgIpc) is 2.27. The maximum absolute atomic E-state index is 12.0. The van der Waals surface area contributed by atoms with E-state index in [-0.39, 0.29) is 17.4 Å². The molecular formula is C15H24N2O. The third-order valence-electron chi connectivity index (χ3n) is 3.23. The predicted molar refractivity (Wildman–Crippen MR) is 75.2 cm³/mol. The monoisotopic (exact) mass is 248 g/mol. The van der Waals surface area contributed by atoms with E-state index in [1.54, 1.807) is 0 Å². The van der Waals surface area contributed by atoms with Crippen molar-refractivity contribution in [2.45, 2.75) is 46.7 Å². The number of hydrogen-bond acceptors (Lipinski definition) is 2. The van der Waals surface area contributed by atoms with Gasteiger partial charge in [0.05, 0.1) is 12.1 Å². The van der Waals surface area contributed by atoms with E-state index >= 15 is 0 Å². The van der Waals surface area contributed by atoms with Crippen LogP contribution in [0.15, 0.2) is 24.3 Å². The number of hydrogen-bond donors (Lipinski definition) is 2. The summed E-state index contributed by atoms with van der Waals surface area (Å²) in [5, 5.41) is 2.98. The Bertz CT molecular complexity index is 421. The van der Waals surface area contributed by atoms with E-state index in [2.05, 4.69) is 5.32 Å². The zero-order valence-electron chi connectivity index (χ0n) is 11.9. The first kappa shape index (κ1) is 14.7. The molecule has 100 valence electrons. The van der Waals surface area contributed by atoms with Crippen molar-refractivity contribution in [1.82, 2.24) is 5.32 Å². The molecule has 0 aromatic heterocycles. The molecule has 1 amide bonds. The number of rotatable bonds is 3. The van der Waals surface area contributed by atoms with Crippen LogP contribution in [0.25, 0.3) is 0 Å². The van der Waals surface area contributed by atoms with Gasteiger partial charge in [0.1, 0.15) is 0 Å². The quantitative estimate of drug-likeness (QED) is 0.863. The average molecular weight is 248 g/mol. The van der Waals surface area contributed by atoms with Crippen molar-refractivity contribution in [3.8, 4) is 0 Å². The van der Waals surface area contributed by atoms with Crippen LogP contribution in [0, 0.1) is 12.3 Å². The Hall–Kier alpha value is -1.35. The van der Waals surface area contributed by atoms with Gasteiger partial charge in [0.2, 0.25) is 5.91 Å². The molecule has 0 saturated carbocycles. The standard InChI is InChI=1S/C15H24N2O/c1-10-8-6-7-9-12(10)11(2)17-14(18)13(16)15(3,4)5/h6-9,11,13H,16H2,1-5H3,(H,17,18)/t11-,13+/m1/s1. The SMILES string of the molecule is Cc1ccccc1[C@@H](C)NC(=O)[C@H](N)C(C)(C)C. The molecule has 3 N–H and O–H groups in total. The number of amides is 1. The van der Waals surface area contributed by atoms with Gasteiger partial charge in [-0.2, -0.15) is 0 Å². The number of nitrogens with one attached hydrogen (secondary N) is 1. The van der Waals surface area contributed by atoms with Gasteiger partial charge in [0.15, 0.2) is 0 Å². The van der Waals surface area contributed by atoms with Gasteiger partial charge in [-0.25, -0.2) is 0 Å². The summed E-state index contributed by atoms with van der Waals surface area (Å²) in [6.07, 6.45) is 0. The summed E-state index contributed by atoms with van der Waals surface area (Å²) < 4.78 is 0. The molecule has 18 heavy (non-hydrogen) atoms. The molecule has 0 aliphatic carbocycles. The fourth-order valence-electron chi connectivity index (χ4n) is 1.85. The summed E-state index contributed by atoms with van der Waals surface area (Å²) in [5.41, 5.74) is 8.03. The molecule has 0 aliphatic rings. The second-order valence-corrected chi connectivity index (χ2v) is 5.93. The van der Waals surface area contributed by atoms with Crippen molar-refractivity contribution in [2.75, 3.05) is 0 Å². The number of nitrogens with two attached hydrogens (primary N) is 1. The molecule has 0 radical (unpaired) electrons. The first-order chi connectivity index (χ1) is 8.23. The Morgan fingerprint density at radius 3 is 2.33 bits per heavy atom. The largest absolute Gasteiger partial charge is 0.348 e. The molecule has 2 atom stereocenters. The van der Waals surface area contributed by atoms with E-state index in [0.717, 1.165) is 5.56 Å². The zero-order chi connectivity index (χ0) is 13.9. The Morgan fingerprint density at radius 2 is 1.83 bits per heavy atom. The van der Waals surface area contributed by atoms with Gasteiger partial charge in [0.25, 0.3) is 0 Å². The van der Waals surface area contributed by atoms with Crippen LogP contribution in [0.4, 0.5) is 0 Å². The van der Waals surface area contributed by atoms with Gasteiger partial charge in [-0.15, -0.1) is 0 Å². The highest BCUT2D eigenvalue weighted by Gasteiger charge is 2.28. The van der Waals surface area contributed by atoms with Crippen LogP contribution in [-0.2, 0) is 4.79 Å². The zero-order valence-corrected chi connectivity index (χ0v) is 11.9. The summed E-state index contributed by atoms with van der Waals surface area (Å²) in [5.74, 6) is -0.0988. The highest BCUT2D eigenvalue weighted by Crippen LogP contribution is 2.20. The Labute approximate surface area is 110 Å². The van der Waals surface area contributed by atoms with Crippen LogP contribution in [0.3, 0.4) is 0 Å². The van der Waals surface area contributed by atoms with Crippen molar-refractivity contribution < 1.29 is 4.79 Å². The summed E-state index contributed by atoms with van der Waals surface area (Å²) in [4.78, 5) is 12.0. The van der Waals surface area contributed by atoms with E-state index in [4.69, 9.17) is 5.73 Å². The van der Waals surface area contributed by atoms with Crippen LogP contribution in [0.1, 0.15) is 44.9 Å². The minimum Gasteiger partial charge on any atom is -0.348 e. The maximum Gasteiger partial charge on any atom is 0.237 e. The van der Waals surface area contributed by atoms with E-state index in [9.17, 15) is 4.79 Å². The molecule has 0 bridgehead atoms. The molecule has 0 fully saturated rings. The van der Waals surface area contributed by atoms with Crippen LogP contribution < -0.4 is 11.1 Å². The minimum absolute atomic E-state index is 0.0212. The van der Waals surface area contributed by atoms with Crippen molar-refractivity contribution in [3.63, 3.8) is 0 Å². The van der Waals surface area contributed by atoms with Crippen molar-refractivity contribution in [1.29, 1.82) is 0 Å². The number of aryl methyl sites for hydroxylation is 1. The van der Waals surface area contributed by atoms with Gasteiger partial charge < -0.3 is 11.1 Å². The lowest BCUT2D eigenvalue weighted by molar-refractivity contribution is -0.125. The number of carbonyl (C=O) groups excluding carboxylic acids is 1. The Morgan fingerprint density at radius 1 is 1.28 bits per heavy atom. The van der Waals surface area contributed by atoms with Crippen molar-refractivity contribution >= 4 is 5.91 Å². The lowest BCUT2D eigenvalue weighted by Gasteiger charge is -2.27. The Kier molecular flexibility index (Phi) is 4.52. The molecule has 0 heterocycles. The van der Waals surface area contributed by atoms with E-state index in [1.807, 2.05) is 58.9 Å². The predicted octanol–water partition coefficient (Wildman–Crippen LogP) is 2.55. The lowest BCUT2D eigenvalue weighted by Crippen LogP contribution is -2.49. The molecule has 3 nitrogen and oxygen atoms in total. The van der Waals surface area contributed by atoms with E-state index < -0.39 is 6.04 Å². The molecule has 0 aliphatic heterocycles. The van der Waals surface area contributed by atoms with Gasteiger partial charge in [-0.05, 0) is 30.4 Å². The van der Waals surface area contributed by atoms with Gasteiger partial charge in [-0.3, -0.25) is 4.79 Å². The molecular weight excluding hydrogens is 224 g/mol. The molecule has 3 heteroatoms. The summed E-state index contributed by atoms with van der Waals surface area (Å²) in [6.45, 7) is 9.93. The molecule has 0 saturated heterocycles. The van der Waals surface area contributed by atoms with Gasteiger partial charge >= 0.3 is 0 Å². The molecule has 0 spiro atoms. The van der Waals surface area contributed by atoms with Crippen molar-refractivity contribution in [2.24, 2.45) is 11.1 Å². The Balaban J connectivity index is 2.75. The van der Waals surface area contributed by atoms with E-state index in [1.165, 1.54) is 5.56 Å². The second-order valence-electron chi connectivity index (χ2n) is 5.93.